The second kappa shape index (κ2) is 3.54. The molecule has 2 aliphatic rings. The van der Waals surface area contributed by atoms with E-state index in [-0.39, 0.29) is 6.04 Å². The topological polar surface area (TPSA) is 6.48 Å². The minimum atomic E-state index is 0.0787. The van der Waals surface area contributed by atoms with Crippen LogP contribution in [0.3, 0.4) is 0 Å². The average Bonchev–Trinajstić information content (AvgIpc) is 2.84. The minimum Gasteiger partial charge on any atom is -0.297 e. The first-order chi connectivity index (χ1) is 6.16. The molecule has 0 unspecified atom stereocenters. The summed E-state index contributed by atoms with van der Waals surface area (Å²) in [7, 11) is 0. The molecule has 0 bridgehead atoms. The van der Waals surface area contributed by atoms with Crippen LogP contribution >= 0.6 is 0 Å². The predicted molar refractivity (Wildman–Crippen MR) is 51.0 cm³/mol. The van der Waals surface area contributed by atoms with Gasteiger partial charge in [0.25, 0.3) is 0 Å². The van der Waals surface area contributed by atoms with E-state index in [9.17, 15) is 4.48 Å². The van der Waals surface area contributed by atoms with Gasteiger partial charge in [-0.25, -0.2) is 0 Å². The van der Waals surface area contributed by atoms with Crippen molar-refractivity contribution < 1.29 is 4.48 Å². The first-order valence-corrected chi connectivity index (χ1v) is 5.33. The lowest BCUT2D eigenvalue weighted by Gasteiger charge is -2.39. The third kappa shape index (κ3) is 2.20. The first-order valence-electron chi connectivity index (χ1n) is 5.33. The number of piperazine rings is 1. The van der Waals surface area contributed by atoms with E-state index in [1.807, 2.05) is 6.92 Å². The van der Waals surface area contributed by atoms with E-state index < -0.39 is 0 Å². The summed E-state index contributed by atoms with van der Waals surface area (Å²) in [6, 6.07) is 0.469. The van der Waals surface area contributed by atoms with Gasteiger partial charge in [-0.3, -0.25) is 4.90 Å². The van der Waals surface area contributed by atoms with E-state index >= 15 is 0 Å². The van der Waals surface area contributed by atoms with Crippen molar-refractivity contribution in [1.82, 2.24) is 10.0 Å². The predicted octanol–water partition coefficient (Wildman–Crippen LogP) is 1.68. The molecule has 1 saturated carbocycles. The molecule has 2 fully saturated rings. The molecule has 13 heavy (non-hydrogen) atoms. The fourth-order valence-electron chi connectivity index (χ4n) is 2.04. The molecule has 0 aromatic heterocycles. The second-order valence-electron chi connectivity index (χ2n) is 4.68. The van der Waals surface area contributed by atoms with E-state index in [2.05, 4.69) is 11.8 Å². The molecule has 2 atom stereocenters. The van der Waals surface area contributed by atoms with E-state index in [4.69, 9.17) is 0 Å². The van der Waals surface area contributed by atoms with Crippen LogP contribution in [0.25, 0.3) is 0 Å². The molecule has 3 heteroatoms. The molecule has 1 heterocycles. The summed E-state index contributed by atoms with van der Waals surface area (Å²) in [6.07, 6.45) is 2.77. The number of halogens is 1. The molecule has 0 aromatic carbocycles. The largest absolute Gasteiger partial charge is 0.297 e. The van der Waals surface area contributed by atoms with Crippen molar-refractivity contribution in [1.29, 1.82) is 0 Å². The normalized spacial score (nSPS) is 38.1. The molecule has 76 valence electrons. The number of rotatable bonds is 2. The summed E-state index contributed by atoms with van der Waals surface area (Å²) in [5, 5.41) is 0.980. The molecule has 0 aromatic rings. The van der Waals surface area contributed by atoms with Crippen LogP contribution in [0.15, 0.2) is 0 Å². The highest BCUT2D eigenvalue weighted by Gasteiger charge is 2.32. The molecule has 2 rings (SSSR count). The van der Waals surface area contributed by atoms with Crippen molar-refractivity contribution in [3.8, 4) is 0 Å². The van der Waals surface area contributed by atoms with Crippen molar-refractivity contribution in [2.75, 3.05) is 19.6 Å². The zero-order chi connectivity index (χ0) is 9.42. The van der Waals surface area contributed by atoms with Crippen LogP contribution in [-0.4, -0.2) is 41.7 Å². The summed E-state index contributed by atoms with van der Waals surface area (Å²) in [6.45, 7) is 6.76. The maximum Gasteiger partial charge on any atom is 0.0502 e. The zero-order valence-corrected chi connectivity index (χ0v) is 8.54. The highest BCUT2D eigenvalue weighted by atomic mass is 19.2. The van der Waals surface area contributed by atoms with Crippen LogP contribution in [0.1, 0.15) is 26.7 Å². The summed E-state index contributed by atoms with van der Waals surface area (Å²) in [5.41, 5.74) is 0. The number of nitrogens with zero attached hydrogens (tertiary/aromatic N) is 2. The Kier molecular flexibility index (Phi) is 2.56. The second-order valence-corrected chi connectivity index (χ2v) is 4.68. The Morgan fingerprint density at radius 1 is 1.15 bits per heavy atom. The monoisotopic (exact) mass is 186 g/mol. The van der Waals surface area contributed by atoms with E-state index in [1.54, 1.807) is 0 Å². The van der Waals surface area contributed by atoms with Gasteiger partial charge in [0.05, 0.1) is 6.04 Å². The van der Waals surface area contributed by atoms with Crippen LogP contribution in [0, 0.1) is 5.92 Å². The van der Waals surface area contributed by atoms with Gasteiger partial charge in [-0.15, -0.1) is 9.60 Å². The standard InChI is InChI=1S/C10H19FN2/c1-8-6-13(11)9(2)5-12(8)7-10-3-4-10/h8-10H,3-7H2,1-2H3/t8-,9+/m1/s1. The average molecular weight is 186 g/mol. The fraction of sp³-hybridized carbons (Fsp3) is 1.00. The van der Waals surface area contributed by atoms with Gasteiger partial charge in [0, 0.05) is 25.7 Å². The molecule has 2 nitrogen and oxygen atoms in total. The Bertz CT molecular complexity index is 182. The van der Waals surface area contributed by atoms with E-state index in [0.717, 1.165) is 17.6 Å². The number of hydrogen-bond acceptors (Lipinski definition) is 2. The van der Waals surface area contributed by atoms with Crippen molar-refractivity contribution in [3.63, 3.8) is 0 Å². The smallest absolute Gasteiger partial charge is 0.0502 e. The summed E-state index contributed by atoms with van der Waals surface area (Å²) in [5.74, 6) is 0.917. The van der Waals surface area contributed by atoms with E-state index in [0.29, 0.717) is 12.6 Å². The number of hydrogen-bond donors (Lipinski definition) is 0. The lowest BCUT2D eigenvalue weighted by Crippen LogP contribution is -2.53. The van der Waals surface area contributed by atoms with Gasteiger partial charge in [0.1, 0.15) is 0 Å². The molecule has 1 aliphatic carbocycles. The van der Waals surface area contributed by atoms with Gasteiger partial charge in [-0.2, -0.15) is 0 Å². The molecule has 1 saturated heterocycles. The van der Waals surface area contributed by atoms with Gasteiger partial charge < -0.3 is 0 Å². The summed E-state index contributed by atoms with van der Waals surface area (Å²) >= 11 is 0. The zero-order valence-electron chi connectivity index (χ0n) is 8.54. The fourth-order valence-corrected chi connectivity index (χ4v) is 2.04. The van der Waals surface area contributed by atoms with Crippen LogP contribution in [0.4, 0.5) is 4.48 Å². The Labute approximate surface area is 79.6 Å². The van der Waals surface area contributed by atoms with Gasteiger partial charge in [-0.05, 0) is 32.6 Å². The van der Waals surface area contributed by atoms with Gasteiger partial charge in [0.2, 0.25) is 0 Å². The lowest BCUT2D eigenvalue weighted by atomic mass is 10.1. The van der Waals surface area contributed by atoms with Crippen LogP contribution < -0.4 is 0 Å². The van der Waals surface area contributed by atoms with Gasteiger partial charge >= 0.3 is 0 Å². The van der Waals surface area contributed by atoms with Crippen molar-refractivity contribution >= 4 is 0 Å². The lowest BCUT2D eigenvalue weighted by molar-refractivity contribution is -0.0837. The quantitative estimate of drug-likeness (QED) is 0.605. The Balaban J connectivity index is 1.86. The third-order valence-electron chi connectivity index (χ3n) is 3.23. The van der Waals surface area contributed by atoms with Gasteiger partial charge in [0.15, 0.2) is 0 Å². The summed E-state index contributed by atoms with van der Waals surface area (Å²) < 4.78 is 13.2. The molecule has 0 N–H and O–H groups in total. The maximum absolute atomic E-state index is 13.2. The Morgan fingerprint density at radius 3 is 2.46 bits per heavy atom. The van der Waals surface area contributed by atoms with Crippen LogP contribution in [-0.2, 0) is 0 Å². The van der Waals surface area contributed by atoms with Crippen molar-refractivity contribution in [2.24, 2.45) is 5.92 Å². The third-order valence-corrected chi connectivity index (χ3v) is 3.23. The van der Waals surface area contributed by atoms with E-state index in [1.165, 1.54) is 19.4 Å². The molecular weight excluding hydrogens is 167 g/mol. The SMILES string of the molecule is C[C@@H]1CN(F)[C@@H](C)CN1CC1CC1. The minimum absolute atomic E-state index is 0.0787. The van der Waals surface area contributed by atoms with Crippen molar-refractivity contribution in [3.05, 3.63) is 0 Å². The molecule has 1 aliphatic heterocycles. The highest BCUT2D eigenvalue weighted by Crippen LogP contribution is 2.31. The van der Waals surface area contributed by atoms with Crippen molar-refractivity contribution in [2.45, 2.75) is 38.8 Å². The molecular formula is C10H19FN2. The van der Waals surface area contributed by atoms with Crippen LogP contribution in [0.2, 0.25) is 0 Å². The Hall–Kier alpha value is -0.150. The Morgan fingerprint density at radius 2 is 1.85 bits per heavy atom. The summed E-state index contributed by atoms with van der Waals surface area (Å²) in [4.78, 5) is 2.44. The molecule has 0 spiro atoms. The molecule has 0 radical (unpaired) electrons. The first kappa shape index (κ1) is 9.41. The molecule has 0 amide bonds. The highest BCUT2D eigenvalue weighted by molar-refractivity contribution is 4.85. The van der Waals surface area contributed by atoms with Crippen LogP contribution in [0.5, 0.6) is 0 Å². The maximum atomic E-state index is 13.2. The van der Waals surface area contributed by atoms with Gasteiger partial charge in [-0.1, -0.05) is 0 Å².